The van der Waals surface area contributed by atoms with Gasteiger partial charge in [0.05, 0.1) is 17.5 Å². The van der Waals surface area contributed by atoms with E-state index in [-0.39, 0.29) is 25.2 Å². The van der Waals surface area contributed by atoms with E-state index in [2.05, 4.69) is 20.8 Å². The molecule has 1 fully saturated rings. The molecule has 0 bridgehead atoms. The molecule has 1 amide bonds. The SMILES string of the molecule is CCOC(=O)Cn1nc(N2CCN(C(=O)OCc3ccccc3)CC2)c2c(Br)cccc21. The molecule has 0 unspecified atom stereocenters. The van der Waals surface area contributed by atoms with E-state index in [1.54, 1.807) is 16.5 Å². The number of benzene rings is 2. The van der Waals surface area contributed by atoms with Crippen LogP contribution in [0.3, 0.4) is 0 Å². The van der Waals surface area contributed by atoms with Crippen molar-refractivity contribution in [2.75, 3.05) is 37.7 Å². The van der Waals surface area contributed by atoms with Crippen LogP contribution in [0.15, 0.2) is 53.0 Å². The van der Waals surface area contributed by atoms with Gasteiger partial charge in [0.15, 0.2) is 5.82 Å². The average molecular weight is 501 g/mol. The number of amides is 1. The number of piperazine rings is 1. The van der Waals surface area contributed by atoms with Crippen molar-refractivity contribution in [1.82, 2.24) is 14.7 Å². The molecule has 0 spiro atoms. The van der Waals surface area contributed by atoms with Crippen molar-refractivity contribution in [2.45, 2.75) is 20.1 Å². The molecule has 0 radical (unpaired) electrons. The first-order valence-corrected chi connectivity index (χ1v) is 11.4. The van der Waals surface area contributed by atoms with Crippen molar-refractivity contribution in [3.8, 4) is 0 Å². The lowest BCUT2D eigenvalue weighted by molar-refractivity contribution is -0.143. The predicted molar refractivity (Wildman–Crippen MR) is 124 cm³/mol. The predicted octanol–water partition coefficient (Wildman–Crippen LogP) is 3.82. The van der Waals surface area contributed by atoms with Gasteiger partial charge in [0.2, 0.25) is 0 Å². The summed E-state index contributed by atoms with van der Waals surface area (Å²) in [6.07, 6.45) is -0.313. The van der Waals surface area contributed by atoms with E-state index in [1.807, 2.05) is 48.5 Å². The number of carbonyl (C=O) groups excluding carboxylic acids is 2. The molecule has 2 heterocycles. The Labute approximate surface area is 194 Å². The highest BCUT2D eigenvalue weighted by Crippen LogP contribution is 2.33. The molecule has 2 aromatic carbocycles. The molecule has 1 saturated heterocycles. The summed E-state index contributed by atoms with van der Waals surface area (Å²) >= 11 is 3.62. The summed E-state index contributed by atoms with van der Waals surface area (Å²) in [6, 6.07) is 15.5. The summed E-state index contributed by atoms with van der Waals surface area (Å²) in [4.78, 5) is 28.4. The van der Waals surface area contributed by atoms with Gasteiger partial charge in [-0.1, -0.05) is 36.4 Å². The van der Waals surface area contributed by atoms with Gasteiger partial charge in [0.25, 0.3) is 0 Å². The topological polar surface area (TPSA) is 76.9 Å². The lowest BCUT2D eigenvalue weighted by Crippen LogP contribution is -2.49. The van der Waals surface area contributed by atoms with Crippen molar-refractivity contribution in [3.05, 3.63) is 58.6 Å². The highest BCUT2D eigenvalue weighted by Gasteiger charge is 2.26. The number of carbonyl (C=O) groups is 2. The first kappa shape index (κ1) is 22.1. The van der Waals surface area contributed by atoms with Gasteiger partial charge in [-0.05, 0) is 40.5 Å². The Hall–Kier alpha value is -3.07. The first-order chi connectivity index (χ1) is 15.6. The van der Waals surface area contributed by atoms with Crippen LogP contribution in [0.1, 0.15) is 12.5 Å². The zero-order valence-electron chi connectivity index (χ0n) is 17.9. The molecular formula is C23H25BrN4O4. The van der Waals surface area contributed by atoms with E-state index in [1.165, 1.54) is 0 Å². The minimum absolute atomic E-state index is 0.0482. The molecule has 0 saturated carbocycles. The zero-order valence-corrected chi connectivity index (χ0v) is 19.5. The van der Waals surface area contributed by atoms with Crippen LogP contribution in [-0.2, 0) is 27.4 Å². The van der Waals surface area contributed by atoms with Crippen LogP contribution in [-0.4, -0.2) is 59.5 Å². The van der Waals surface area contributed by atoms with E-state index in [0.717, 1.165) is 26.8 Å². The molecule has 168 valence electrons. The number of rotatable bonds is 6. The Morgan fingerprint density at radius 2 is 1.75 bits per heavy atom. The fourth-order valence-electron chi connectivity index (χ4n) is 3.75. The van der Waals surface area contributed by atoms with Crippen LogP contribution in [0.4, 0.5) is 10.6 Å². The Kier molecular flexibility index (Phi) is 6.94. The molecule has 0 atom stereocenters. The van der Waals surface area contributed by atoms with Crippen molar-refractivity contribution in [1.29, 1.82) is 0 Å². The number of ether oxygens (including phenoxy) is 2. The second-order valence-electron chi connectivity index (χ2n) is 7.43. The fraction of sp³-hybridized carbons (Fsp3) is 0.348. The lowest BCUT2D eigenvalue weighted by atomic mass is 10.2. The maximum Gasteiger partial charge on any atom is 0.410 e. The van der Waals surface area contributed by atoms with E-state index in [0.29, 0.717) is 32.8 Å². The number of fused-ring (bicyclic) bond motifs is 1. The zero-order chi connectivity index (χ0) is 22.5. The largest absolute Gasteiger partial charge is 0.465 e. The molecule has 3 aromatic rings. The van der Waals surface area contributed by atoms with Crippen LogP contribution < -0.4 is 4.90 Å². The molecule has 8 nitrogen and oxygen atoms in total. The molecular weight excluding hydrogens is 476 g/mol. The van der Waals surface area contributed by atoms with Crippen LogP contribution in [0.5, 0.6) is 0 Å². The maximum atomic E-state index is 12.5. The van der Waals surface area contributed by atoms with E-state index in [9.17, 15) is 9.59 Å². The molecule has 1 aromatic heterocycles. The van der Waals surface area contributed by atoms with Crippen molar-refractivity contribution >= 4 is 44.7 Å². The summed E-state index contributed by atoms with van der Waals surface area (Å²) in [5.74, 6) is 0.462. The molecule has 32 heavy (non-hydrogen) atoms. The minimum atomic E-state index is -0.325. The molecule has 0 aliphatic carbocycles. The number of nitrogens with zero attached hydrogens (tertiary/aromatic N) is 4. The first-order valence-electron chi connectivity index (χ1n) is 10.6. The third-order valence-electron chi connectivity index (χ3n) is 5.34. The Bertz CT molecular complexity index is 1090. The molecule has 9 heteroatoms. The quantitative estimate of drug-likeness (QED) is 0.478. The Morgan fingerprint density at radius 1 is 1.00 bits per heavy atom. The maximum absolute atomic E-state index is 12.5. The van der Waals surface area contributed by atoms with E-state index >= 15 is 0 Å². The van der Waals surface area contributed by atoms with E-state index in [4.69, 9.17) is 14.6 Å². The van der Waals surface area contributed by atoms with Gasteiger partial charge in [-0.2, -0.15) is 5.10 Å². The van der Waals surface area contributed by atoms with Crippen molar-refractivity contribution < 1.29 is 19.1 Å². The van der Waals surface area contributed by atoms with Crippen LogP contribution in [0.25, 0.3) is 10.9 Å². The van der Waals surface area contributed by atoms with Crippen LogP contribution >= 0.6 is 15.9 Å². The smallest absolute Gasteiger partial charge is 0.410 e. The number of esters is 1. The van der Waals surface area contributed by atoms with Crippen LogP contribution in [0.2, 0.25) is 0 Å². The summed E-state index contributed by atoms with van der Waals surface area (Å²) in [6.45, 7) is 4.72. The minimum Gasteiger partial charge on any atom is -0.465 e. The fourth-order valence-corrected chi connectivity index (χ4v) is 4.28. The number of halogens is 1. The number of aromatic nitrogens is 2. The summed E-state index contributed by atoms with van der Waals surface area (Å²) in [7, 11) is 0. The van der Waals surface area contributed by atoms with Gasteiger partial charge in [0.1, 0.15) is 13.2 Å². The van der Waals surface area contributed by atoms with Crippen molar-refractivity contribution in [3.63, 3.8) is 0 Å². The Balaban J connectivity index is 1.44. The summed E-state index contributed by atoms with van der Waals surface area (Å²) in [5.41, 5.74) is 1.81. The number of hydrogen-bond acceptors (Lipinski definition) is 6. The lowest BCUT2D eigenvalue weighted by Gasteiger charge is -2.34. The molecule has 0 N–H and O–H groups in total. The second kappa shape index (κ2) is 10.0. The second-order valence-corrected chi connectivity index (χ2v) is 8.29. The average Bonchev–Trinajstić information content (AvgIpc) is 3.18. The highest BCUT2D eigenvalue weighted by atomic mass is 79.9. The molecule has 1 aliphatic rings. The van der Waals surface area contributed by atoms with E-state index < -0.39 is 0 Å². The van der Waals surface area contributed by atoms with Gasteiger partial charge in [-0.15, -0.1) is 0 Å². The van der Waals surface area contributed by atoms with Gasteiger partial charge in [-0.3, -0.25) is 9.48 Å². The van der Waals surface area contributed by atoms with Gasteiger partial charge < -0.3 is 19.3 Å². The third kappa shape index (κ3) is 4.88. The highest BCUT2D eigenvalue weighted by molar-refractivity contribution is 9.10. The molecule has 1 aliphatic heterocycles. The van der Waals surface area contributed by atoms with Gasteiger partial charge >= 0.3 is 12.1 Å². The number of hydrogen-bond donors (Lipinski definition) is 0. The summed E-state index contributed by atoms with van der Waals surface area (Å²) in [5, 5.41) is 5.66. The van der Waals surface area contributed by atoms with Gasteiger partial charge in [0, 0.05) is 30.7 Å². The Morgan fingerprint density at radius 3 is 2.47 bits per heavy atom. The van der Waals surface area contributed by atoms with Crippen LogP contribution in [0, 0.1) is 0 Å². The van der Waals surface area contributed by atoms with Gasteiger partial charge in [-0.25, -0.2) is 4.79 Å². The third-order valence-corrected chi connectivity index (χ3v) is 6.00. The summed E-state index contributed by atoms with van der Waals surface area (Å²) < 4.78 is 13.1. The monoisotopic (exact) mass is 500 g/mol. The normalized spacial score (nSPS) is 13.9. The van der Waals surface area contributed by atoms with Crippen molar-refractivity contribution in [2.24, 2.45) is 0 Å². The standard InChI is InChI=1S/C23H25BrN4O4/c1-2-31-20(29)15-28-19-10-6-9-18(24)21(19)22(25-28)26-11-13-27(14-12-26)23(30)32-16-17-7-4-3-5-8-17/h3-10H,2,11-16H2,1H3. The number of anilines is 1. The molecule has 4 rings (SSSR count).